The lowest BCUT2D eigenvalue weighted by molar-refractivity contribution is -0.385. The molecule has 22 heavy (non-hydrogen) atoms. The summed E-state index contributed by atoms with van der Waals surface area (Å²) in [6.45, 7) is 1.44. The summed E-state index contributed by atoms with van der Waals surface area (Å²) in [7, 11) is 0. The van der Waals surface area contributed by atoms with Crippen molar-refractivity contribution in [1.82, 2.24) is 10.7 Å². The van der Waals surface area contributed by atoms with Crippen LogP contribution in [0.3, 0.4) is 0 Å². The molecule has 1 aromatic rings. The number of hydrogen-bond donors (Lipinski definition) is 2. The lowest BCUT2D eigenvalue weighted by Gasteiger charge is -2.11. The zero-order chi connectivity index (χ0) is 15.9. The predicted molar refractivity (Wildman–Crippen MR) is 91.1 cm³/mol. The van der Waals surface area contributed by atoms with Crippen LogP contribution in [0.25, 0.3) is 0 Å². The number of hydrazone groups is 1. The van der Waals surface area contributed by atoms with E-state index in [9.17, 15) is 10.1 Å². The molecule has 0 radical (unpaired) electrons. The van der Waals surface area contributed by atoms with Crippen LogP contribution in [-0.4, -0.2) is 35.5 Å². The third kappa shape index (κ3) is 5.00. The van der Waals surface area contributed by atoms with Crippen LogP contribution >= 0.6 is 28.1 Å². The lowest BCUT2D eigenvalue weighted by Crippen LogP contribution is -2.37. The number of hydrogen-bond acceptors (Lipinski definition) is 5. The Bertz CT molecular complexity index is 591. The first-order valence-electron chi connectivity index (χ1n) is 6.68. The number of thiocarbonyl (C=S) groups is 1. The molecule has 1 fully saturated rings. The maximum Gasteiger partial charge on any atom is 0.284 e. The van der Waals surface area contributed by atoms with Gasteiger partial charge in [0.05, 0.1) is 21.7 Å². The Kier molecular flexibility index (Phi) is 6.22. The Morgan fingerprint density at radius 3 is 3.14 bits per heavy atom. The molecule has 2 rings (SSSR count). The Labute approximate surface area is 141 Å². The van der Waals surface area contributed by atoms with Crippen LogP contribution < -0.4 is 10.7 Å². The third-order valence-electron chi connectivity index (χ3n) is 3.06. The van der Waals surface area contributed by atoms with Crippen molar-refractivity contribution < 1.29 is 9.66 Å². The predicted octanol–water partition coefficient (Wildman–Crippen LogP) is 2.33. The van der Waals surface area contributed by atoms with Crippen molar-refractivity contribution in [2.75, 3.05) is 13.2 Å². The van der Waals surface area contributed by atoms with Crippen molar-refractivity contribution in [2.24, 2.45) is 5.10 Å². The average Bonchev–Trinajstić information content (AvgIpc) is 3.00. The van der Waals surface area contributed by atoms with Crippen molar-refractivity contribution in [1.29, 1.82) is 0 Å². The van der Waals surface area contributed by atoms with Gasteiger partial charge in [-0.3, -0.25) is 15.5 Å². The molecular weight excluding hydrogens is 372 g/mol. The minimum atomic E-state index is -0.456. The van der Waals surface area contributed by atoms with Crippen LogP contribution in [0.1, 0.15) is 18.4 Å². The van der Waals surface area contributed by atoms with Crippen LogP contribution in [0.15, 0.2) is 27.8 Å². The number of halogens is 1. The molecule has 1 aliphatic rings. The van der Waals surface area contributed by atoms with Gasteiger partial charge in [-0.25, -0.2) is 0 Å². The second-order valence-corrected chi connectivity index (χ2v) is 5.95. The largest absolute Gasteiger partial charge is 0.376 e. The van der Waals surface area contributed by atoms with Gasteiger partial charge in [-0.15, -0.1) is 0 Å². The second-order valence-electron chi connectivity index (χ2n) is 4.68. The second kappa shape index (κ2) is 8.16. The third-order valence-corrected chi connectivity index (χ3v) is 3.97. The van der Waals surface area contributed by atoms with E-state index < -0.39 is 4.92 Å². The fraction of sp³-hybridized carbons (Fsp3) is 0.385. The van der Waals surface area contributed by atoms with Crippen LogP contribution in [0, 0.1) is 10.1 Å². The Balaban J connectivity index is 1.82. The van der Waals surface area contributed by atoms with Crippen molar-refractivity contribution in [3.63, 3.8) is 0 Å². The molecule has 1 heterocycles. The smallest absolute Gasteiger partial charge is 0.284 e. The number of nitro groups is 1. The molecule has 0 saturated carbocycles. The minimum absolute atomic E-state index is 0.0111. The number of benzene rings is 1. The number of nitrogens with one attached hydrogen (secondary N) is 2. The fourth-order valence-corrected chi connectivity index (χ4v) is 2.49. The normalized spacial score (nSPS) is 17.6. The summed E-state index contributed by atoms with van der Waals surface area (Å²) in [4.78, 5) is 10.4. The van der Waals surface area contributed by atoms with Crippen molar-refractivity contribution in [2.45, 2.75) is 18.9 Å². The van der Waals surface area contributed by atoms with Crippen LogP contribution in [0.4, 0.5) is 5.69 Å². The molecule has 9 heteroatoms. The summed E-state index contributed by atoms with van der Waals surface area (Å²) < 4.78 is 5.89. The van der Waals surface area contributed by atoms with E-state index in [1.54, 1.807) is 12.1 Å². The summed E-state index contributed by atoms with van der Waals surface area (Å²) >= 11 is 8.22. The first-order valence-corrected chi connectivity index (χ1v) is 7.89. The van der Waals surface area contributed by atoms with Gasteiger partial charge in [-0.1, -0.05) is 6.07 Å². The molecule has 1 aliphatic heterocycles. The molecule has 1 saturated heterocycles. The molecular formula is C13H15BrN4O3S. The first-order chi connectivity index (χ1) is 10.6. The Morgan fingerprint density at radius 1 is 1.64 bits per heavy atom. The van der Waals surface area contributed by atoms with Gasteiger partial charge in [-0.05, 0) is 47.1 Å². The topological polar surface area (TPSA) is 88.8 Å². The standard InChI is InChI=1S/C13H15BrN4O3S/c14-11-4-3-9(6-12(11)18(19)20)7-16-17-13(22)15-8-10-2-1-5-21-10/h3-4,6-7,10H,1-2,5,8H2,(H2,15,17,22)/b16-7-/t10-/m0/s1. The molecule has 0 aromatic heterocycles. The first kappa shape index (κ1) is 16.8. The molecule has 1 atom stereocenters. The van der Waals surface area contributed by atoms with E-state index in [0.29, 0.717) is 21.7 Å². The molecule has 0 amide bonds. The molecule has 0 unspecified atom stereocenters. The highest BCUT2D eigenvalue weighted by molar-refractivity contribution is 9.10. The SMILES string of the molecule is O=[N+]([O-])c1cc(/C=N\NC(=S)NC[C@@H]2CCCO2)ccc1Br. The van der Waals surface area contributed by atoms with E-state index in [1.165, 1.54) is 12.3 Å². The maximum absolute atomic E-state index is 10.8. The highest BCUT2D eigenvalue weighted by Gasteiger charge is 2.15. The van der Waals surface area contributed by atoms with Crippen molar-refractivity contribution in [3.8, 4) is 0 Å². The summed E-state index contributed by atoms with van der Waals surface area (Å²) in [5.41, 5.74) is 3.26. The summed E-state index contributed by atoms with van der Waals surface area (Å²) in [5.74, 6) is 0. The van der Waals surface area contributed by atoms with E-state index in [4.69, 9.17) is 17.0 Å². The lowest BCUT2D eigenvalue weighted by atomic mass is 10.2. The highest BCUT2D eigenvalue weighted by Crippen LogP contribution is 2.24. The summed E-state index contributed by atoms with van der Waals surface area (Å²) in [5, 5.41) is 18.2. The van der Waals surface area contributed by atoms with Crippen molar-refractivity contribution in [3.05, 3.63) is 38.3 Å². The maximum atomic E-state index is 10.8. The van der Waals surface area contributed by atoms with E-state index in [1.807, 2.05) is 0 Å². The van der Waals surface area contributed by atoms with Gasteiger partial charge in [0.25, 0.3) is 5.69 Å². The molecule has 118 valence electrons. The van der Waals surface area contributed by atoms with Gasteiger partial charge < -0.3 is 10.1 Å². The monoisotopic (exact) mass is 386 g/mol. The van der Waals surface area contributed by atoms with E-state index in [-0.39, 0.29) is 11.8 Å². The van der Waals surface area contributed by atoms with Crippen molar-refractivity contribution >= 4 is 45.2 Å². The quantitative estimate of drug-likeness (QED) is 0.349. The number of ether oxygens (including phenoxy) is 1. The average molecular weight is 387 g/mol. The Morgan fingerprint density at radius 2 is 2.45 bits per heavy atom. The molecule has 7 nitrogen and oxygen atoms in total. The van der Waals surface area contributed by atoms with Gasteiger partial charge >= 0.3 is 0 Å². The van der Waals surface area contributed by atoms with E-state index >= 15 is 0 Å². The zero-order valence-corrected chi connectivity index (χ0v) is 14.0. The number of nitrogens with zero attached hydrogens (tertiary/aromatic N) is 2. The van der Waals surface area contributed by atoms with Gasteiger partial charge in [0.1, 0.15) is 0 Å². The van der Waals surface area contributed by atoms with Gasteiger partial charge in [0.2, 0.25) is 0 Å². The fourth-order valence-electron chi connectivity index (χ4n) is 1.97. The van der Waals surface area contributed by atoms with E-state index in [2.05, 4.69) is 31.8 Å². The highest BCUT2D eigenvalue weighted by atomic mass is 79.9. The summed E-state index contributed by atoms with van der Waals surface area (Å²) in [6, 6.07) is 4.75. The molecule has 0 aliphatic carbocycles. The number of rotatable bonds is 5. The zero-order valence-electron chi connectivity index (χ0n) is 11.6. The molecule has 2 N–H and O–H groups in total. The molecule has 0 spiro atoms. The van der Waals surface area contributed by atoms with Gasteiger partial charge in [0.15, 0.2) is 5.11 Å². The Hall–Kier alpha value is -1.58. The van der Waals surface area contributed by atoms with Crippen LogP contribution in [-0.2, 0) is 4.74 Å². The van der Waals surface area contributed by atoms with Gasteiger partial charge in [0, 0.05) is 24.8 Å². The van der Waals surface area contributed by atoms with Crippen LogP contribution in [0.5, 0.6) is 0 Å². The molecule has 1 aromatic carbocycles. The number of nitro benzene ring substituents is 1. The van der Waals surface area contributed by atoms with Crippen LogP contribution in [0.2, 0.25) is 0 Å². The van der Waals surface area contributed by atoms with Gasteiger partial charge in [-0.2, -0.15) is 5.10 Å². The molecule has 0 bridgehead atoms. The van der Waals surface area contributed by atoms with E-state index in [0.717, 1.165) is 19.4 Å². The minimum Gasteiger partial charge on any atom is -0.376 e. The summed E-state index contributed by atoms with van der Waals surface area (Å²) in [6.07, 6.45) is 3.77.